The Bertz CT molecular complexity index is 400. The first-order chi connectivity index (χ1) is 7.77. The molecule has 0 radical (unpaired) electrons. The zero-order valence-corrected chi connectivity index (χ0v) is 12.3. The quantitative estimate of drug-likeness (QED) is 0.774. The minimum atomic E-state index is 0.366. The van der Waals surface area contributed by atoms with E-state index in [1.807, 2.05) is 0 Å². The molecule has 1 N–H and O–H groups in total. The summed E-state index contributed by atoms with van der Waals surface area (Å²) < 4.78 is 0. The molecule has 0 heterocycles. The molecule has 17 heavy (non-hydrogen) atoms. The van der Waals surface area contributed by atoms with E-state index in [4.69, 9.17) is 0 Å². The molecule has 0 saturated carbocycles. The second-order valence-electron chi connectivity index (χ2n) is 5.92. The molecule has 1 nitrogen and oxygen atoms in total. The van der Waals surface area contributed by atoms with Gasteiger partial charge in [0.05, 0.1) is 0 Å². The molecule has 0 atom stereocenters. The standard InChI is InChI=1S/C16H26O/c1-9(2)13-8-12(7)14(10(3)4)16(17)15(13)11(5)6/h8-11,17H,1-7H3. The number of phenols is 1. The molecule has 0 amide bonds. The zero-order chi connectivity index (χ0) is 13.3. The fraction of sp³-hybridized carbons (Fsp3) is 0.625. The number of hydrogen-bond acceptors (Lipinski definition) is 1. The summed E-state index contributed by atoms with van der Waals surface area (Å²) in [4.78, 5) is 0. The molecule has 0 aliphatic rings. The maximum Gasteiger partial charge on any atom is 0.123 e. The van der Waals surface area contributed by atoms with Gasteiger partial charge in [0.25, 0.3) is 0 Å². The summed E-state index contributed by atoms with van der Waals surface area (Å²) in [5.41, 5.74) is 4.75. The van der Waals surface area contributed by atoms with Gasteiger partial charge in [-0.3, -0.25) is 0 Å². The second kappa shape index (κ2) is 5.12. The smallest absolute Gasteiger partial charge is 0.123 e. The first-order valence-corrected chi connectivity index (χ1v) is 6.63. The van der Waals surface area contributed by atoms with Gasteiger partial charge in [0.2, 0.25) is 0 Å². The van der Waals surface area contributed by atoms with Crippen LogP contribution in [-0.2, 0) is 0 Å². The van der Waals surface area contributed by atoms with Gasteiger partial charge in [-0.25, -0.2) is 0 Å². The highest BCUT2D eigenvalue weighted by atomic mass is 16.3. The molecule has 0 aliphatic heterocycles. The Morgan fingerprint density at radius 1 is 0.824 bits per heavy atom. The van der Waals surface area contributed by atoms with Crippen LogP contribution in [0.25, 0.3) is 0 Å². The van der Waals surface area contributed by atoms with E-state index in [1.54, 1.807) is 0 Å². The van der Waals surface area contributed by atoms with Gasteiger partial charge < -0.3 is 5.11 Å². The minimum absolute atomic E-state index is 0.366. The summed E-state index contributed by atoms with van der Waals surface area (Å²) in [5.74, 6) is 1.72. The summed E-state index contributed by atoms with van der Waals surface area (Å²) >= 11 is 0. The van der Waals surface area contributed by atoms with Crippen LogP contribution in [0.1, 0.15) is 81.5 Å². The van der Waals surface area contributed by atoms with Crippen LogP contribution in [0.3, 0.4) is 0 Å². The van der Waals surface area contributed by atoms with Gasteiger partial charge in [-0.05, 0) is 41.4 Å². The number of aromatic hydroxyl groups is 1. The maximum atomic E-state index is 10.5. The van der Waals surface area contributed by atoms with E-state index in [0.29, 0.717) is 23.5 Å². The first kappa shape index (κ1) is 14.1. The van der Waals surface area contributed by atoms with Crippen molar-refractivity contribution in [2.45, 2.75) is 66.2 Å². The molecule has 0 saturated heterocycles. The lowest BCUT2D eigenvalue weighted by molar-refractivity contribution is 0.451. The Morgan fingerprint density at radius 3 is 1.65 bits per heavy atom. The molecule has 0 spiro atoms. The molecule has 0 unspecified atom stereocenters. The molecular formula is C16H26O. The molecular weight excluding hydrogens is 208 g/mol. The summed E-state index contributed by atoms with van der Waals surface area (Å²) in [7, 11) is 0. The van der Waals surface area contributed by atoms with E-state index in [-0.39, 0.29) is 0 Å². The predicted octanol–water partition coefficient (Wildman–Crippen LogP) is 5.07. The highest BCUT2D eigenvalue weighted by Gasteiger charge is 2.20. The Labute approximate surface area is 106 Å². The van der Waals surface area contributed by atoms with Gasteiger partial charge in [-0.15, -0.1) is 0 Å². The van der Waals surface area contributed by atoms with Crippen molar-refractivity contribution in [1.82, 2.24) is 0 Å². The highest BCUT2D eigenvalue weighted by Crippen LogP contribution is 2.40. The van der Waals surface area contributed by atoms with Crippen molar-refractivity contribution in [3.05, 3.63) is 28.3 Å². The van der Waals surface area contributed by atoms with E-state index in [9.17, 15) is 5.11 Å². The van der Waals surface area contributed by atoms with Crippen molar-refractivity contribution < 1.29 is 5.11 Å². The number of rotatable bonds is 3. The van der Waals surface area contributed by atoms with Crippen molar-refractivity contribution in [1.29, 1.82) is 0 Å². The van der Waals surface area contributed by atoms with Crippen LogP contribution in [-0.4, -0.2) is 5.11 Å². The third-order valence-electron chi connectivity index (χ3n) is 3.39. The van der Waals surface area contributed by atoms with E-state index >= 15 is 0 Å². The number of hydrogen-bond donors (Lipinski definition) is 1. The SMILES string of the molecule is Cc1cc(C(C)C)c(C(C)C)c(O)c1C(C)C. The second-order valence-corrected chi connectivity index (χ2v) is 5.92. The fourth-order valence-electron chi connectivity index (χ4n) is 2.67. The Kier molecular flexibility index (Phi) is 4.24. The van der Waals surface area contributed by atoms with Crippen LogP contribution in [0.4, 0.5) is 0 Å². The summed E-state index contributed by atoms with van der Waals surface area (Å²) in [6.45, 7) is 15.1. The average molecular weight is 234 g/mol. The first-order valence-electron chi connectivity index (χ1n) is 6.63. The summed E-state index contributed by atoms with van der Waals surface area (Å²) in [5, 5.41) is 10.5. The monoisotopic (exact) mass is 234 g/mol. The van der Waals surface area contributed by atoms with Crippen LogP contribution in [0, 0.1) is 6.92 Å². The van der Waals surface area contributed by atoms with Gasteiger partial charge in [-0.1, -0.05) is 47.6 Å². The Hall–Kier alpha value is -0.980. The van der Waals surface area contributed by atoms with Crippen molar-refractivity contribution in [2.24, 2.45) is 0 Å². The van der Waals surface area contributed by atoms with Crippen molar-refractivity contribution in [3.63, 3.8) is 0 Å². The molecule has 1 aromatic carbocycles. The fourth-order valence-corrected chi connectivity index (χ4v) is 2.67. The summed E-state index contributed by atoms with van der Waals surface area (Å²) in [6, 6.07) is 2.26. The lowest BCUT2D eigenvalue weighted by Crippen LogP contribution is -2.05. The van der Waals surface area contributed by atoms with E-state index in [1.165, 1.54) is 11.1 Å². The number of aryl methyl sites for hydroxylation is 1. The van der Waals surface area contributed by atoms with Crippen molar-refractivity contribution in [3.8, 4) is 5.75 Å². The largest absolute Gasteiger partial charge is 0.507 e. The van der Waals surface area contributed by atoms with E-state index in [0.717, 1.165) is 11.1 Å². The number of phenolic OH excluding ortho intramolecular Hbond substituents is 1. The molecule has 0 bridgehead atoms. The zero-order valence-electron chi connectivity index (χ0n) is 12.3. The average Bonchev–Trinajstić information content (AvgIpc) is 2.14. The third-order valence-corrected chi connectivity index (χ3v) is 3.39. The van der Waals surface area contributed by atoms with Gasteiger partial charge >= 0.3 is 0 Å². The molecule has 96 valence electrons. The van der Waals surface area contributed by atoms with Gasteiger partial charge in [-0.2, -0.15) is 0 Å². The van der Waals surface area contributed by atoms with Crippen molar-refractivity contribution in [2.75, 3.05) is 0 Å². The Morgan fingerprint density at radius 2 is 1.29 bits per heavy atom. The van der Waals surface area contributed by atoms with Gasteiger partial charge in [0.15, 0.2) is 0 Å². The van der Waals surface area contributed by atoms with E-state index < -0.39 is 0 Å². The van der Waals surface area contributed by atoms with Crippen LogP contribution in [0.15, 0.2) is 6.07 Å². The lowest BCUT2D eigenvalue weighted by atomic mass is 9.83. The molecule has 0 fully saturated rings. The molecule has 1 rings (SSSR count). The minimum Gasteiger partial charge on any atom is -0.507 e. The predicted molar refractivity (Wildman–Crippen MR) is 75.1 cm³/mol. The van der Waals surface area contributed by atoms with Crippen LogP contribution < -0.4 is 0 Å². The van der Waals surface area contributed by atoms with Gasteiger partial charge in [0.1, 0.15) is 5.75 Å². The number of benzene rings is 1. The maximum absolute atomic E-state index is 10.5. The molecule has 1 heteroatoms. The molecule has 0 aromatic heterocycles. The van der Waals surface area contributed by atoms with Gasteiger partial charge in [0, 0.05) is 5.56 Å². The van der Waals surface area contributed by atoms with E-state index in [2.05, 4.69) is 54.5 Å². The molecule has 1 aromatic rings. The van der Waals surface area contributed by atoms with Crippen LogP contribution >= 0.6 is 0 Å². The van der Waals surface area contributed by atoms with Crippen LogP contribution in [0.2, 0.25) is 0 Å². The summed E-state index contributed by atoms with van der Waals surface area (Å²) in [6.07, 6.45) is 0. The van der Waals surface area contributed by atoms with Crippen LogP contribution in [0.5, 0.6) is 5.75 Å². The third kappa shape index (κ3) is 2.65. The van der Waals surface area contributed by atoms with Crippen molar-refractivity contribution >= 4 is 0 Å². The lowest BCUT2D eigenvalue weighted by Gasteiger charge is -2.23. The Balaban J connectivity index is 3.58. The molecule has 0 aliphatic carbocycles. The highest BCUT2D eigenvalue weighted by molar-refractivity contribution is 5.53. The normalized spacial score (nSPS) is 11.9. The topological polar surface area (TPSA) is 20.2 Å².